The van der Waals surface area contributed by atoms with Gasteiger partial charge in [-0.25, -0.2) is 4.79 Å². The molecule has 0 spiro atoms. The van der Waals surface area contributed by atoms with Crippen LogP contribution < -0.4 is 5.32 Å². The lowest BCUT2D eigenvalue weighted by Gasteiger charge is -2.40. The summed E-state index contributed by atoms with van der Waals surface area (Å²) in [4.78, 5) is 30.3. The number of amides is 2. The minimum absolute atomic E-state index is 0.101. The number of hydrogen-bond acceptors (Lipinski definition) is 5. The molecule has 0 aliphatic carbocycles. The van der Waals surface area contributed by atoms with Crippen LogP contribution in [0.5, 0.6) is 0 Å². The van der Waals surface area contributed by atoms with Crippen LogP contribution >= 0.6 is 0 Å². The fraction of sp³-hybridized carbons (Fsp3) is 0.611. The molecule has 0 unspecified atom stereocenters. The van der Waals surface area contributed by atoms with Crippen LogP contribution in [0, 0.1) is 0 Å². The quantitative estimate of drug-likeness (QED) is 0.905. The largest absolute Gasteiger partial charge is 0.444 e. The molecule has 3 heterocycles. The number of carbonyl (C=O) groups excluding carboxylic acids is 2. The highest BCUT2D eigenvalue weighted by Crippen LogP contribution is 2.29. The van der Waals surface area contributed by atoms with Crippen LogP contribution in [0.2, 0.25) is 0 Å². The number of aromatic nitrogens is 1. The Morgan fingerprint density at radius 1 is 1.28 bits per heavy atom. The van der Waals surface area contributed by atoms with E-state index in [0.29, 0.717) is 19.6 Å². The maximum absolute atomic E-state index is 12.6. The predicted octanol–water partition coefficient (Wildman–Crippen LogP) is 2.04. The zero-order valence-electron chi connectivity index (χ0n) is 14.9. The van der Waals surface area contributed by atoms with Gasteiger partial charge in [0.2, 0.25) is 5.91 Å². The Morgan fingerprint density at radius 2 is 2.00 bits per heavy atom. The summed E-state index contributed by atoms with van der Waals surface area (Å²) < 4.78 is 11.1. The minimum Gasteiger partial charge on any atom is -0.444 e. The van der Waals surface area contributed by atoms with Crippen molar-refractivity contribution in [1.82, 2.24) is 15.2 Å². The first kappa shape index (κ1) is 17.7. The number of pyridine rings is 1. The Labute approximate surface area is 147 Å². The smallest absolute Gasteiger partial charge is 0.410 e. The van der Waals surface area contributed by atoms with Crippen molar-refractivity contribution in [3.8, 4) is 0 Å². The van der Waals surface area contributed by atoms with Gasteiger partial charge in [0.15, 0.2) is 0 Å². The molecule has 7 nitrogen and oxygen atoms in total. The van der Waals surface area contributed by atoms with Gasteiger partial charge in [-0.3, -0.25) is 14.7 Å². The summed E-state index contributed by atoms with van der Waals surface area (Å²) in [5.74, 6) is -0.147. The van der Waals surface area contributed by atoms with E-state index in [1.165, 1.54) is 4.90 Å². The van der Waals surface area contributed by atoms with E-state index in [2.05, 4.69) is 10.3 Å². The maximum atomic E-state index is 12.6. The molecule has 0 aromatic carbocycles. The standard InChI is InChI=1S/C18H25N3O4/c1-18(2,3)25-17(23)21-10-6-14(21)16(22)20-13-7-11-24-15(13)12-4-8-19-9-5-12/h4-5,8-9,13-15H,6-7,10-11H2,1-3H3,(H,20,22)/t13-,14+,15+/m0/s1. The van der Waals surface area contributed by atoms with Crippen molar-refractivity contribution in [1.29, 1.82) is 0 Å². The summed E-state index contributed by atoms with van der Waals surface area (Å²) in [6.07, 6.45) is 4.21. The maximum Gasteiger partial charge on any atom is 0.410 e. The second-order valence-corrected chi connectivity index (χ2v) is 7.45. The molecule has 3 rings (SSSR count). The minimum atomic E-state index is -0.570. The fourth-order valence-electron chi connectivity index (χ4n) is 3.10. The molecular formula is C18H25N3O4. The number of carbonyl (C=O) groups is 2. The monoisotopic (exact) mass is 347 g/mol. The molecule has 1 aromatic heterocycles. The van der Waals surface area contributed by atoms with Gasteiger partial charge < -0.3 is 14.8 Å². The van der Waals surface area contributed by atoms with Gasteiger partial charge >= 0.3 is 6.09 Å². The van der Waals surface area contributed by atoms with Crippen LogP contribution in [0.15, 0.2) is 24.5 Å². The average molecular weight is 347 g/mol. The third-order valence-electron chi connectivity index (χ3n) is 4.40. The molecule has 25 heavy (non-hydrogen) atoms. The van der Waals surface area contributed by atoms with Crippen molar-refractivity contribution < 1.29 is 19.1 Å². The van der Waals surface area contributed by atoms with Crippen molar-refractivity contribution in [3.63, 3.8) is 0 Å². The normalized spacial score (nSPS) is 26.0. The Kier molecular flexibility index (Phi) is 4.94. The van der Waals surface area contributed by atoms with Crippen LogP contribution in [0.25, 0.3) is 0 Å². The summed E-state index contributed by atoms with van der Waals surface area (Å²) in [6, 6.07) is 3.22. The van der Waals surface area contributed by atoms with Gasteiger partial charge in [-0.2, -0.15) is 0 Å². The molecule has 2 aliphatic heterocycles. The van der Waals surface area contributed by atoms with Crippen molar-refractivity contribution in [2.24, 2.45) is 0 Å². The van der Waals surface area contributed by atoms with E-state index in [-0.39, 0.29) is 18.1 Å². The first-order chi connectivity index (χ1) is 11.8. The van der Waals surface area contributed by atoms with Crippen molar-refractivity contribution >= 4 is 12.0 Å². The van der Waals surface area contributed by atoms with E-state index in [1.807, 2.05) is 32.9 Å². The third kappa shape index (κ3) is 4.10. The first-order valence-electron chi connectivity index (χ1n) is 8.67. The number of ether oxygens (including phenoxy) is 2. The van der Waals surface area contributed by atoms with Crippen LogP contribution in [0.3, 0.4) is 0 Å². The summed E-state index contributed by atoms with van der Waals surface area (Å²) in [5.41, 5.74) is 0.426. The zero-order valence-corrected chi connectivity index (χ0v) is 14.9. The Morgan fingerprint density at radius 3 is 2.60 bits per heavy atom. The molecule has 0 radical (unpaired) electrons. The molecule has 1 N–H and O–H groups in total. The van der Waals surface area contributed by atoms with E-state index in [1.54, 1.807) is 12.4 Å². The van der Waals surface area contributed by atoms with Crippen molar-refractivity contribution in [2.45, 2.75) is 57.4 Å². The lowest BCUT2D eigenvalue weighted by atomic mass is 9.99. The molecule has 3 atom stereocenters. The van der Waals surface area contributed by atoms with Gasteiger partial charge in [0.25, 0.3) is 0 Å². The van der Waals surface area contributed by atoms with E-state index in [0.717, 1.165) is 12.0 Å². The van der Waals surface area contributed by atoms with E-state index >= 15 is 0 Å². The summed E-state index contributed by atoms with van der Waals surface area (Å²) >= 11 is 0. The number of likely N-dealkylation sites (tertiary alicyclic amines) is 1. The predicted molar refractivity (Wildman–Crippen MR) is 90.8 cm³/mol. The summed E-state index contributed by atoms with van der Waals surface area (Å²) in [6.45, 7) is 6.58. The van der Waals surface area contributed by atoms with Crippen molar-refractivity contribution in [2.75, 3.05) is 13.2 Å². The number of hydrogen-bond donors (Lipinski definition) is 1. The molecule has 2 fully saturated rings. The molecule has 136 valence electrons. The summed E-state index contributed by atoms with van der Waals surface area (Å²) in [5, 5.41) is 3.04. The second-order valence-electron chi connectivity index (χ2n) is 7.45. The molecule has 2 saturated heterocycles. The number of rotatable bonds is 3. The SMILES string of the molecule is CC(C)(C)OC(=O)N1CC[C@@H]1C(=O)N[C@H]1CCO[C@@H]1c1ccncc1. The second kappa shape index (κ2) is 7.00. The Hall–Kier alpha value is -2.15. The number of nitrogens with one attached hydrogen (secondary N) is 1. The van der Waals surface area contributed by atoms with E-state index < -0.39 is 17.7 Å². The highest BCUT2D eigenvalue weighted by atomic mass is 16.6. The van der Waals surface area contributed by atoms with Gasteiger partial charge in [0, 0.05) is 25.5 Å². The third-order valence-corrected chi connectivity index (χ3v) is 4.40. The van der Waals surface area contributed by atoms with Crippen LogP contribution in [0.1, 0.15) is 45.3 Å². The van der Waals surface area contributed by atoms with Crippen LogP contribution in [0.4, 0.5) is 4.79 Å². The molecule has 1 aromatic rings. The average Bonchev–Trinajstić information content (AvgIpc) is 2.92. The topological polar surface area (TPSA) is 80.8 Å². The van der Waals surface area contributed by atoms with Gasteiger partial charge in [-0.1, -0.05) is 0 Å². The van der Waals surface area contributed by atoms with Crippen molar-refractivity contribution in [3.05, 3.63) is 30.1 Å². The lowest BCUT2D eigenvalue weighted by molar-refractivity contribution is -0.131. The van der Waals surface area contributed by atoms with Gasteiger partial charge in [0.1, 0.15) is 17.7 Å². The van der Waals surface area contributed by atoms with Gasteiger partial charge in [-0.05, 0) is 51.3 Å². The van der Waals surface area contributed by atoms with Crippen LogP contribution in [-0.2, 0) is 14.3 Å². The molecule has 0 bridgehead atoms. The van der Waals surface area contributed by atoms with Gasteiger partial charge in [-0.15, -0.1) is 0 Å². The molecule has 7 heteroatoms. The first-order valence-corrected chi connectivity index (χ1v) is 8.67. The fourth-order valence-corrected chi connectivity index (χ4v) is 3.10. The van der Waals surface area contributed by atoms with Gasteiger partial charge in [0.05, 0.1) is 6.04 Å². The number of nitrogens with zero attached hydrogens (tertiary/aromatic N) is 2. The Bertz CT molecular complexity index is 629. The molecule has 0 saturated carbocycles. The molecular weight excluding hydrogens is 322 g/mol. The molecule has 2 aliphatic rings. The molecule has 2 amide bonds. The summed E-state index contributed by atoms with van der Waals surface area (Å²) in [7, 11) is 0. The van der Waals surface area contributed by atoms with E-state index in [9.17, 15) is 9.59 Å². The van der Waals surface area contributed by atoms with E-state index in [4.69, 9.17) is 9.47 Å². The highest BCUT2D eigenvalue weighted by molar-refractivity contribution is 5.87. The van der Waals surface area contributed by atoms with Crippen LogP contribution in [-0.4, -0.2) is 52.7 Å². The lowest BCUT2D eigenvalue weighted by Crippen LogP contribution is -2.60. The Balaban J connectivity index is 1.59. The highest BCUT2D eigenvalue weighted by Gasteiger charge is 2.41. The zero-order chi connectivity index (χ0) is 18.0.